The molecule has 0 radical (unpaired) electrons. The highest BCUT2D eigenvalue weighted by atomic mass is 32.2. The number of rotatable bonds is 6. The van der Waals surface area contributed by atoms with E-state index in [0.717, 1.165) is 55.3 Å². The number of carbonyl (C=O) groups is 1. The Morgan fingerprint density at radius 1 is 1.06 bits per heavy atom. The van der Waals surface area contributed by atoms with Gasteiger partial charge in [0.05, 0.1) is 22.3 Å². The number of alkyl halides is 3. The SMILES string of the molecule is C[C@@](NC(=O)C1CCCN1)(c1cc(-c2ccc(C(F)(F)F)nc2)ncn1)S(=O)(=O)c1ccc(F)cc1. The maximum atomic E-state index is 13.8. The van der Waals surface area contributed by atoms with Gasteiger partial charge in [-0.05, 0) is 68.8 Å². The number of pyridine rings is 1. The molecule has 1 amide bonds. The molecule has 190 valence electrons. The fourth-order valence-corrected chi connectivity index (χ4v) is 5.43. The fraction of sp³-hybridized carbons (Fsp3) is 0.304. The lowest BCUT2D eigenvalue weighted by atomic mass is 10.1. The average Bonchev–Trinajstić information content (AvgIpc) is 3.39. The number of nitrogens with one attached hydrogen (secondary N) is 2. The van der Waals surface area contributed by atoms with Gasteiger partial charge >= 0.3 is 6.18 Å². The number of hydrogen-bond donors (Lipinski definition) is 2. The number of carbonyl (C=O) groups excluding carboxylic acids is 1. The van der Waals surface area contributed by atoms with Crippen LogP contribution in [0.2, 0.25) is 0 Å². The summed E-state index contributed by atoms with van der Waals surface area (Å²) in [6.45, 7) is 1.84. The molecule has 1 unspecified atom stereocenters. The van der Waals surface area contributed by atoms with Gasteiger partial charge in [0.15, 0.2) is 4.87 Å². The molecule has 0 bridgehead atoms. The second-order valence-electron chi connectivity index (χ2n) is 8.35. The zero-order valence-corrected chi connectivity index (χ0v) is 19.7. The molecule has 3 heterocycles. The minimum absolute atomic E-state index is 0.0926. The highest BCUT2D eigenvalue weighted by Crippen LogP contribution is 2.34. The molecule has 0 saturated carbocycles. The summed E-state index contributed by atoms with van der Waals surface area (Å²) in [5, 5.41) is 5.57. The van der Waals surface area contributed by atoms with Crippen LogP contribution >= 0.6 is 0 Å². The summed E-state index contributed by atoms with van der Waals surface area (Å²) in [7, 11) is -4.40. The minimum Gasteiger partial charge on any atom is -0.331 e. The lowest BCUT2D eigenvalue weighted by Gasteiger charge is -2.31. The van der Waals surface area contributed by atoms with Gasteiger partial charge in [0.1, 0.15) is 17.8 Å². The highest BCUT2D eigenvalue weighted by Gasteiger charge is 2.46. The van der Waals surface area contributed by atoms with E-state index in [4.69, 9.17) is 0 Å². The first-order valence-corrected chi connectivity index (χ1v) is 12.3. The standard InChI is InChI=1S/C23H21F4N5O3S/c1-22(32-21(33)17-3-2-10-28-17,36(34,35)16-7-5-15(24)6-8-16)20-11-18(30-13-31-20)14-4-9-19(29-12-14)23(25,26)27/h4-9,11-13,17,28H,2-3,10H2,1H3,(H,32,33)/t17?,22-/m0/s1. The Balaban J connectivity index is 1.79. The lowest BCUT2D eigenvalue weighted by molar-refractivity contribution is -0.141. The number of halogens is 4. The van der Waals surface area contributed by atoms with Crippen molar-refractivity contribution in [3.8, 4) is 11.3 Å². The Kier molecular flexibility index (Phi) is 6.80. The van der Waals surface area contributed by atoms with Gasteiger partial charge < -0.3 is 10.6 Å². The molecule has 2 aromatic heterocycles. The number of sulfone groups is 1. The predicted octanol–water partition coefficient (Wildman–Crippen LogP) is 3.21. The number of amides is 1. The average molecular weight is 524 g/mol. The topological polar surface area (TPSA) is 114 Å². The van der Waals surface area contributed by atoms with Crippen LogP contribution in [0.5, 0.6) is 0 Å². The second kappa shape index (κ2) is 9.54. The van der Waals surface area contributed by atoms with E-state index in [1.165, 1.54) is 13.0 Å². The van der Waals surface area contributed by atoms with Crippen molar-refractivity contribution in [1.82, 2.24) is 25.6 Å². The zero-order valence-electron chi connectivity index (χ0n) is 18.9. The molecule has 1 aromatic carbocycles. The summed E-state index contributed by atoms with van der Waals surface area (Å²) in [6, 6.07) is 6.67. The third kappa shape index (κ3) is 4.93. The molecule has 13 heteroatoms. The molecule has 8 nitrogen and oxygen atoms in total. The molecular weight excluding hydrogens is 502 g/mol. The molecule has 0 spiro atoms. The van der Waals surface area contributed by atoms with Gasteiger partial charge in [0, 0.05) is 11.8 Å². The van der Waals surface area contributed by atoms with Crippen molar-refractivity contribution in [3.63, 3.8) is 0 Å². The normalized spacial score (nSPS) is 18.0. The van der Waals surface area contributed by atoms with Gasteiger partial charge in [-0.15, -0.1) is 0 Å². The van der Waals surface area contributed by atoms with Crippen LogP contribution in [0.4, 0.5) is 17.6 Å². The van der Waals surface area contributed by atoms with Crippen molar-refractivity contribution in [2.75, 3.05) is 6.54 Å². The molecule has 0 aliphatic carbocycles. The fourth-order valence-electron chi connectivity index (χ4n) is 3.84. The predicted molar refractivity (Wildman–Crippen MR) is 120 cm³/mol. The molecule has 1 aliphatic rings. The highest BCUT2D eigenvalue weighted by molar-refractivity contribution is 7.92. The van der Waals surface area contributed by atoms with Crippen LogP contribution < -0.4 is 10.6 Å². The van der Waals surface area contributed by atoms with Crippen molar-refractivity contribution >= 4 is 15.7 Å². The zero-order chi connectivity index (χ0) is 26.1. The van der Waals surface area contributed by atoms with E-state index in [2.05, 4.69) is 25.6 Å². The number of aromatic nitrogens is 3. The molecular formula is C23H21F4N5O3S. The van der Waals surface area contributed by atoms with Crippen LogP contribution in [0, 0.1) is 5.82 Å². The van der Waals surface area contributed by atoms with Gasteiger partial charge in [-0.25, -0.2) is 22.8 Å². The van der Waals surface area contributed by atoms with Gasteiger partial charge in [-0.1, -0.05) is 0 Å². The Bertz CT molecular complexity index is 1360. The molecule has 1 saturated heterocycles. The molecule has 1 fully saturated rings. The second-order valence-corrected chi connectivity index (χ2v) is 10.6. The van der Waals surface area contributed by atoms with Crippen LogP contribution in [0.25, 0.3) is 11.3 Å². The van der Waals surface area contributed by atoms with Crippen LogP contribution in [0.1, 0.15) is 31.2 Å². The van der Waals surface area contributed by atoms with Gasteiger partial charge in [0.25, 0.3) is 0 Å². The van der Waals surface area contributed by atoms with Gasteiger partial charge in [-0.3, -0.25) is 9.78 Å². The summed E-state index contributed by atoms with van der Waals surface area (Å²) in [4.78, 5) is 22.1. The van der Waals surface area contributed by atoms with Crippen LogP contribution in [-0.2, 0) is 25.7 Å². The maximum Gasteiger partial charge on any atom is 0.433 e. The van der Waals surface area contributed by atoms with Crippen LogP contribution in [-0.4, -0.2) is 41.9 Å². The van der Waals surface area contributed by atoms with Gasteiger partial charge in [-0.2, -0.15) is 13.2 Å². The minimum atomic E-state index is -4.63. The van der Waals surface area contributed by atoms with Crippen LogP contribution in [0.3, 0.4) is 0 Å². The van der Waals surface area contributed by atoms with E-state index in [0.29, 0.717) is 13.0 Å². The van der Waals surface area contributed by atoms with E-state index in [-0.39, 0.29) is 21.8 Å². The third-order valence-corrected chi connectivity index (χ3v) is 8.18. The number of nitrogens with zero attached hydrogens (tertiary/aromatic N) is 3. The first-order chi connectivity index (χ1) is 16.9. The lowest BCUT2D eigenvalue weighted by Crippen LogP contribution is -2.54. The van der Waals surface area contributed by atoms with Crippen molar-refractivity contribution in [2.45, 2.75) is 41.7 Å². The number of hydrogen-bond acceptors (Lipinski definition) is 7. The summed E-state index contributed by atoms with van der Waals surface area (Å²) >= 11 is 0. The molecule has 4 rings (SSSR count). The monoisotopic (exact) mass is 523 g/mol. The smallest absolute Gasteiger partial charge is 0.331 e. The molecule has 2 N–H and O–H groups in total. The van der Waals surface area contributed by atoms with E-state index in [9.17, 15) is 30.8 Å². The first-order valence-electron chi connectivity index (χ1n) is 10.8. The van der Waals surface area contributed by atoms with E-state index < -0.39 is 44.3 Å². The summed E-state index contributed by atoms with van der Waals surface area (Å²) in [6.07, 6.45) is -1.39. The molecule has 36 heavy (non-hydrogen) atoms. The van der Waals surface area contributed by atoms with Crippen molar-refractivity contribution in [3.05, 3.63) is 72.2 Å². The first kappa shape index (κ1) is 25.6. The summed E-state index contributed by atoms with van der Waals surface area (Å²) in [5.41, 5.74) is -0.962. The Hall–Kier alpha value is -3.45. The van der Waals surface area contributed by atoms with E-state index >= 15 is 0 Å². The molecule has 1 aliphatic heterocycles. The summed E-state index contributed by atoms with van der Waals surface area (Å²) in [5.74, 6) is -1.22. The largest absolute Gasteiger partial charge is 0.433 e. The quantitative estimate of drug-likeness (QED) is 0.377. The molecule has 3 aromatic rings. The maximum absolute atomic E-state index is 13.8. The Labute approximate surface area is 204 Å². The van der Waals surface area contributed by atoms with Crippen molar-refractivity contribution in [1.29, 1.82) is 0 Å². The van der Waals surface area contributed by atoms with Crippen LogP contribution in [0.15, 0.2) is 59.9 Å². The Morgan fingerprint density at radius 2 is 1.78 bits per heavy atom. The Morgan fingerprint density at radius 3 is 2.36 bits per heavy atom. The number of benzene rings is 1. The molecule has 2 atom stereocenters. The summed E-state index contributed by atoms with van der Waals surface area (Å²) < 4.78 is 79.7. The van der Waals surface area contributed by atoms with Crippen molar-refractivity contribution in [2.24, 2.45) is 0 Å². The van der Waals surface area contributed by atoms with Crippen molar-refractivity contribution < 1.29 is 30.8 Å². The third-order valence-electron chi connectivity index (χ3n) is 5.91. The van der Waals surface area contributed by atoms with E-state index in [1.807, 2.05) is 0 Å². The van der Waals surface area contributed by atoms with Gasteiger partial charge in [0.2, 0.25) is 15.7 Å². The van der Waals surface area contributed by atoms with E-state index in [1.54, 1.807) is 0 Å².